The number of hydrogen-bond donors (Lipinski definition) is 2. The Bertz CT molecular complexity index is 606. The van der Waals surface area contributed by atoms with Gasteiger partial charge in [0, 0.05) is 4.47 Å². The molecule has 92 valence electrons. The van der Waals surface area contributed by atoms with Crippen LogP contribution < -0.4 is 5.32 Å². The number of nitrogens with one attached hydrogen (secondary N) is 1. The first-order chi connectivity index (χ1) is 8.58. The lowest BCUT2D eigenvalue weighted by Crippen LogP contribution is -2.11. The number of amides is 1. The van der Waals surface area contributed by atoms with Crippen LogP contribution in [0.5, 0.6) is 0 Å². The standard InChI is InChI=1S/C12H8BrNO4/c13-7-3-1-2-4-8(7)14-11(15)9-5-6-10(18-9)12(16)17/h1-6H,(H,14,15)(H,16,17). The van der Waals surface area contributed by atoms with Gasteiger partial charge in [0.25, 0.3) is 5.91 Å². The van der Waals surface area contributed by atoms with Crippen LogP contribution in [0.25, 0.3) is 0 Å². The number of rotatable bonds is 3. The van der Waals surface area contributed by atoms with Crippen LogP contribution in [-0.4, -0.2) is 17.0 Å². The maximum absolute atomic E-state index is 11.8. The van der Waals surface area contributed by atoms with E-state index in [1.165, 1.54) is 12.1 Å². The smallest absolute Gasteiger partial charge is 0.371 e. The molecule has 1 aromatic carbocycles. The van der Waals surface area contributed by atoms with Gasteiger partial charge < -0.3 is 14.8 Å². The number of furan rings is 1. The SMILES string of the molecule is O=C(O)c1ccc(C(=O)Nc2ccccc2Br)o1. The summed E-state index contributed by atoms with van der Waals surface area (Å²) in [5.41, 5.74) is 0.579. The maximum Gasteiger partial charge on any atom is 0.371 e. The summed E-state index contributed by atoms with van der Waals surface area (Å²) in [6.07, 6.45) is 0. The van der Waals surface area contributed by atoms with E-state index in [2.05, 4.69) is 21.2 Å². The maximum atomic E-state index is 11.8. The van der Waals surface area contributed by atoms with Gasteiger partial charge in [-0.05, 0) is 40.2 Å². The van der Waals surface area contributed by atoms with Crippen LogP contribution in [0, 0.1) is 0 Å². The van der Waals surface area contributed by atoms with E-state index in [0.717, 1.165) is 4.47 Å². The third-order valence-electron chi connectivity index (χ3n) is 2.16. The third-order valence-corrected chi connectivity index (χ3v) is 2.85. The van der Waals surface area contributed by atoms with E-state index in [4.69, 9.17) is 9.52 Å². The summed E-state index contributed by atoms with van der Waals surface area (Å²) in [7, 11) is 0. The van der Waals surface area contributed by atoms with Crippen molar-refractivity contribution in [2.24, 2.45) is 0 Å². The molecule has 0 unspecified atom stereocenters. The van der Waals surface area contributed by atoms with Crippen molar-refractivity contribution in [3.8, 4) is 0 Å². The Balaban J connectivity index is 2.17. The molecule has 0 atom stereocenters. The van der Waals surface area contributed by atoms with Crippen molar-refractivity contribution in [2.75, 3.05) is 5.32 Å². The van der Waals surface area contributed by atoms with Gasteiger partial charge >= 0.3 is 5.97 Å². The van der Waals surface area contributed by atoms with Gasteiger partial charge in [-0.3, -0.25) is 4.79 Å². The molecule has 0 bridgehead atoms. The zero-order chi connectivity index (χ0) is 13.1. The lowest BCUT2D eigenvalue weighted by Gasteiger charge is -2.04. The second-order valence-corrected chi connectivity index (χ2v) is 4.26. The lowest BCUT2D eigenvalue weighted by atomic mass is 10.3. The minimum Gasteiger partial charge on any atom is -0.475 e. The number of anilines is 1. The van der Waals surface area contributed by atoms with Crippen LogP contribution >= 0.6 is 15.9 Å². The van der Waals surface area contributed by atoms with Crippen LogP contribution in [0.15, 0.2) is 45.3 Å². The van der Waals surface area contributed by atoms with E-state index in [-0.39, 0.29) is 11.5 Å². The molecule has 0 saturated heterocycles. The number of carbonyl (C=O) groups is 2. The summed E-state index contributed by atoms with van der Waals surface area (Å²) in [5, 5.41) is 11.3. The zero-order valence-corrected chi connectivity index (χ0v) is 10.6. The molecule has 0 aliphatic carbocycles. The molecular weight excluding hydrogens is 302 g/mol. The van der Waals surface area contributed by atoms with E-state index < -0.39 is 11.9 Å². The molecule has 0 fully saturated rings. The van der Waals surface area contributed by atoms with E-state index in [0.29, 0.717) is 5.69 Å². The first-order valence-electron chi connectivity index (χ1n) is 4.97. The third kappa shape index (κ3) is 2.60. The molecule has 2 aromatic rings. The Labute approximate surface area is 111 Å². The van der Waals surface area contributed by atoms with E-state index in [1.807, 2.05) is 6.07 Å². The van der Waals surface area contributed by atoms with Crippen LogP contribution in [0.2, 0.25) is 0 Å². The molecule has 1 amide bonds. The number of halogens is 1. The van der Waals surface area contributed by atoms with Gasteiger partial charge in [-0.2, -0.15) is 0 Å². The molecule has 6 heteroatoms. The minimum absolute atomic E-state index is 0.0526. The molecule has 5 nitrogen and oxygen atoms in total. The predicted octanol–water partition coefficient (Wildman–Crippen LogP) is 2.99. The van der Waals surface area contributed by atoms with Crippen molar-refractivity contribution in [3.63, 3.8) is 0 Å². The molecule has 0 radical (unpaired) electrons. The van der Waals surface area contributed by atoms with Crippen molar-refractivity contribution in [1.29, 1.82) is 0 Å². The molecule has 1 aromatic heterocycles. The van der Waals surface area contributed by atoms with Gasteiger partial charge in [-0.15, -0.1) is 0 Å². The normalized spacial score (nSPS) is 10.1. The van der Waals surface area contributed by atoms with Crippen molar-refractivity contribution in [2.45, 2.75) is 0 Å². The molecule has 1 heterocycles. The van der Waals surface area contributed by atoms with Gasteiger partial charge in [0.1, 0.15) is 0 Å². The molecule has 2 rings (SSSR count). The topological polar surface area (TPSA) is 79.5 Å². The van der Waals surface area contributed by atoms with Gasteiger partial charge in [-0.25, -0.2) is 4.79 Å². The Morgan fingerprint density at radius 3 is 2.39 bits per heavy atom. The fourth-order valence-corrected chi connectivity index (χ4v) is 1.71. The number of hydrogen-bond acceptors (Lipinski definition) is 3. The molecule has 18 heavy (non-hydrogen) atoms. The van der Waals surface area contributed by atoms with Crippen molar-refractivity contribution in [1.82, 2.24) is 0 Å². The average Bonchev–Trinajstić information content (AvgIpc) is 2.81. The molecular formula is C12H8BrNO4. The predicted molar refractivity (Wildman–Crippen MR) is 67.8 cm³/mol. The van der Waals surface area contributed by atoms with Gasteiger partial charge in [0.05, 0.1) is 5.69 Å². The van der Waals surface area contributed by atoms with Crippen LogP contribution in [-0.2, 0) is 0 Å². The highest BCUT2D eigenvalue weighted by Crippen LogP contribution is 2.22. The van der Waals surface area contributed by atoms with E-state index in [9.17, 15) is 9.59 Å². The highest BCUT2D eigenvalue weighted by molar-refractivity contribution is 9.10. The van der Waals surface area contributed by atoms with Crippen LogP contribution in [0.4, 0.5) is 5.69 Å². The largest absolute Gasteiger partial charge is 0.475 e. The lowest BCUT2D eigenvalue weighted by molar-refractivity contribution is 0.0660. The van der Waals surface area contributed by atoms with Crippen LogP contribution in [0.3, 0.4) is 0 Å². The average molecular weight is 310 g/mol. The quantitative estimate of drug-likeness (QED) is 0.913. The van der Waals surface area contributed by atoms with Crippen molar-refractivity contribution < 1.29 is 19.1 Å². The molecule has 0 saturated carbocycles. The number of carboxylic acids is 1. The first-order valence-corrected chi connectivity index (χ1v) is 5.76. The summed E-state index contributed by atoms with van der Waals surface area (Å²) in [6.45, 7) is 0. The number of aromatic carboxylic acids is 1. The summed E-state index contributed by atoms with van der Waals surface area (Å²) < 4.78 is 5.62. The fourth-order valence-electron chi connectivity index (χ4n) is 1.32. The molecule has 0 aliphatic heterocycles. The molecule has 0 spiro atoms. The summed E-state index contributed by atoms with van der Waals surface area (Å²) >= 11 is 3.29. The number of benzene rings is 1. The number of carboxylic acid groups (broad SMARTS) is 1. The Hall–Kier alpha value is -2.08. The van der Waals surface area contributed by atoms with Crippen LogP contribution in [0.1, 0.15) is 21.1 Å². The minimum atomic E-state index is -1.21. The molecule has 0 aliphatic rings. The summed E-state index contributed by atoms with van der Waals surface area (Å²) in [5.74, 6) is -2.04. The fraction of sp³-hybridized carbons (Fsp3) is 0. The van der Waals surface area contributed by atoms with Gasteiger partial charge in [0.15, 0.2) is 5.76 Å². The first kappa shape index (κ1) is 12.4. The zero-order valence-electron chi connectivity index (χ0n) is 9.01. The Morgan fingerprint density at radius 1 is 1.11 bits per heavy atom. The van der Waals surface area contributed by atoms with Gasteiger partial charge in [-0.1, -0.05) is 12.1 Å². The highest BCUT2D eigenvalue weighted by Gasteiger charge is 2.15. The Kier molecular flexibility index (Phi) is 3.47. The summed E-state index contributed by atoms with van der Waals surface area (Å²) in [6, 6.07) is 9.62. The Morgan fingerprint density at radius 2 is 1.78 bits per heavy atom. The van der Waals surface area contributed by atoms with Crippen molar-refractivity contribution in [3.05, 3.63) is 52.4 Å². The van der Waals surface area contributed by atoms with E-state index in [1.54, 1.807) is 18.2 Å². The molecule has 2 N–H and O–H groups in total. The van der Waals surface area contributed by atoms with Gasteiger partial charge in [0.2, 0.25) is 5.76 Å². The van der Waals surface area contributed by atoms with Crippen molar-refractivity contribution >= 4 is 33.5 Å². The highest BCUT2D eigenvalue weighted by atomic mass is 79.9. The monoisotopic (exact) mass is 309 g/mol. The second kappa shape index (κ2) is 5.05. The number of para-hydroxylation sites is 1. The van der Waals surface area contributed by atoms with E-state index >= 15 is 0 Å². The second-order valence-electron chi connectivity index (χ2n) is 3.40. The summed E-state index contributed by atoms with van der Waals surface area (Å²) in [4.78, 5) is 22.4. The number of carbonyl (C=O) groups excluding carboxylic acids is 1.